The van der Waals surface area contributed by atoms with Crippen LogP contribution in [0.5, 0.6) is 0 Å². The van der Waals surface area contributed by atoms with Crippen LogP contribution < -0.4 is 0 Å². The zero-order valence-corrected chi connectivity index (χ0v) is 10.8. The summed E-state index contributed by atoms with van der Waals surface area (Å²) in [5, 5.41) is 7.33. The van der Waals surface area contributed by atoms with Gasteiger partial charge in [-0.05, 0) is 6.42 Å². The Bertz CT molecular complexity index is 411. The van der Waals surface area contributed by atoms with E-state index in [-0.39, 0.29) is 6.61 Å². The molecular weight excluding hydrogens is 276 g/mol. The standard InChI is InChI=1S/C7H16O8S2/c1-2-6(8)3-15-4-7(17(12,13)14)5-16(9,10)11/h6-8H,2-5H2,1H3,(H,9,10,11)(H,12,13,14). The lowest BCUT2D eigenvalue weighted by Crippen LogP contribution is -2.34. The van der Waals surface area contributed by atoms with Crippen molar-refractivity contribution < 1.29 is 35.8 Å². The highest BCUT2D eigenvalue weighted by Gasteiger charge is 2.28. The van der Waals surface area contributed by atoms with E-state index < -0.39 is 43.9 Å². The summed E-state index contributed by atoms with van der Waals surface area (Å²) in [7, 11) is -9.19. The minimum absolute atomic E-state index is 0.187. The highest BCUT2D eigenvalue weighted by Crippen LogP contribution is 2.04. The molecule has 2 atom stereocenters. The Morgan fingerprint density at radius 3 is 2.00 bits per heavy atom. The van der Waals surface area contributed by atoms with Crippen molar-refractivity contribution in [3.63, 3.8) is 0 Å². The molecular formula is C7H16O8S2. The zero-order chi connectivity index (χ0) is 13.7. The second kappa shape index (κ2) is 6.61. The van der Waals surface area contributed by atoms with Crippen molar-refractivity contribution in [3.8, 4) is 0 Å². The number of aliphatic hydroxyl groups excluding tert-OH is 1. The molecule has 0 amide bonds. The smallest absolute Gasteiger partial charge is 0.271 e. The molecule has 3 N–H and O–H groups in total. The first kappa shape index (κ1) is 16.7. The molecule has 0 bridgehead atoms. The molecule has 0 saturated heterocycles. The van der Waals surface area contributed by atoms with Crippen LogP contribution in [-0.4, -0.2) is 61.4 Å². The largest absolute Gasteiger partial charge is 0.391 e. The Kier molecular flexibility index (Phi) is 6.51. The fourth-order valence-corrected chi connectivity index (χ4v) is 2.95. The summed E-state index contributed by atoms with van der Waals surface area (Å²) in [5.74, 6) is -1.16. The van der Waals surface area contributed by atoms with Crippen LogP contribution in [0.3, 0.4) is 0 Å². The van der Waals surface area contributed by atoms with Crippen LogP contribution in [0.25, 0.3) is 0 Å². The van der Waals surface area contributed by atoms with E-state index in [1.54, 1.807) is 6.92 Å². The molecule has 0 saturated carbocycles. The van der Waals surface area contributed by atoms with Gasteiger partial charge >= 0.3 is 0 Å². The van der Waals surface area contributed by atoms with Crippen LogP contribution >= 0.6 is 0 Å². The Hall–Kier alpha value is -0.260. The Morgan fingerprint density at radius 1 is 1.12 bits per heavy atom. The van der Waals surface area contributed by atoms with Gasteiger partial charge in [-0.15, -0.1) is 0 Å². The van der Waals surface area contributed by atoms with E-state index in [1.807, 2.05) is 0 Å². The fourth-order valence-electron chi connectivity index (χ4n) is 0.908. The third-order valence-electron chi connectivity index (χ3n) is 1.90. The Labute approximate surface area is 100 Å². The van der Waals surface area contributed by atoms with Gasteiger partial charge in [-0.1, -0.05) is 6.92 Å². The van der Waals surface area contributed by atoms with Gasteiger partial charge in [0.1, 0.15) is 5.25 Å². The second-order valence-electron chi connectivity index (χ2n) is 3.49. The summed E-state index contributed by atoms with van der Waals surface area (Å²) in [6, 6.07) is 0. The van der Waals surface area contributed by atoms with Gasteiger partial charge in [-0.3, -0.25) is 9.11 Å². The van der Waals surface area contributed by atoms with Crippen molar-refractivity contribution in [3.05, 3.63) is 0 Å². The SMILES string of the molecule is CCC(O)COCC(CS(=O)(=O)O)S(=O)(=O)O. The van der Waals surface area contributed by atoms with Gasteiger partial charge in [-0.25, -0.2) is 0 Å². The maximum absolute atomic E-state index is 10.8. The molecule has 0 aromatic carbocycles. The number of hydrogen-bond acceptors (Lipinski definition) is 6. The van der Waals surface area contributed by atoms with E-state index in [1.165, 1.54) is 0 Å². The quantitative estimate of drug-likeness (QED) is 0.480. The van der Waals surface area contributed by atoms with Gasteiger partial charge in [0.25, 0.3) is 20.2 Å². The van der Waals surface area contributed by atoms with Gasteiger partial charge in [0.05, 0.1) is 25.1 Å². The van der Waals surface area contributed by atoms with Gasteiger partial charge in [0, 0.05) is 0 Å². The lowest BCUT2D eigenvalue weighted by molar-refractivity contribution is 0.0357. The molecule has 0 heterocycles. The fraction of sp³-hybridized carbons (Fsp3) is 1.00. The van der Waals surface area contributed by atoms with Gasteiger partial charge in [-0.2, -0.15) is 16.8 Å². The first-order chi connectivity index (χ1) is 7.56. The first-order valence-electron chi connectivity index (χ1n) is 4.73. The minimum atomic E-state index is -4.65. The maximum Gasteiger partial charge on any atom is 0.271 e. The number of hydrogen-bond donors (Lipinski definition) is 3. The molecule has 0 radical (unpaired) electrons. The van der Waals surface area contributed by atoms with Crippen molar-refractivity contribution in [1.29, 1.82) is 0 Å². The maximum atomic E-state index is 10.8. The monoisotopic (exact) mass is 292 g/mol. The Balaban J connectivity index is 4.44. The van der Waals surface area contributed by atoms with E-state index in [0.717, 1.165) is 0 Å². The number of ether oxygens (including phenoxy) is 1. The molecule has 17 heavy (non-hydrogen) atoms. The summed E-state index contributed by atoms with van der Waals surface area (Å²) in [6.07, 6.45) is -0.419. The lowest BCUT2D eigenvalue weighted by Gasteiger charge is -2.14. The molecule has 10 heteroatoms. The summed E-state index contributed by atoms with van der Waals surface area (Å²) < 4.78 is 64.6. The Morgan fingerprint density at radius 2 is 1.65 bits per heavy atom. The van der Waals surface area contributed by atoms with Gasteiger partial charge in [0.2, 0.25) is 0 Å². The van der Waals surface area contributed by atoms with Crippen molar-refractivity contribution in [2.75, 3.05) is 19.0 Å². The average Bonchev–Trinajstić information content (AvgIpc) is 2.12. The lowest BCUT2D eigenvalue weighted by atomic mass is 10.3. The summed E-state index contributed by atoms with van der Waals surface area (Å²) in [6.45, 7) is 0.857. The van der Waals surface area contributed by atoms with E-state index >= 15 is 0 Å². The van der Waals surface area contributed by atoms with Crippen molar-refractivity contribution in [2.24, 2.45) is 0 Å². The molecule has 0 aromatic heterocycles. The second-order valence-corrected chi connectivity index (χ2v) is 6.68. The number of rotatable bonds is 8. The predicted molar refractivity (Wildman–Crippen MR) is 58.9 cm³/mol. The van der Waals surface area contributed by atoms with E-state index in [0.29, 0.717) is 6.42 Å². The first-order valence-corrected chi connectivity index (χ1v) is 7.84. The molecule has 2 unspecified atom stereocenters. The van der Waals surface area contributed by atoms with Crippen LogP contribution in [-0.2, 0) is 25.0 Å². The third-order valence-corrected chi connectivity index (χ3v) is 4.08. The summed E-state index contributed by atoms with van der Waals surface area (Å²) >= 11 is 0. The molecule has 0 aliphatic heterocycles. The normalized spacial score (nSPS) is 16.7. The molecule has 104 valence electrons. The topological polar surface area (TPSA) is 138 Å². The van der Waals surface area contributed by atoms with Crippen molar-refractivity contribution in [1.82, 2.24) is 0 Å². The molecule has 0 fully saturated rings. The average molecular weight is 292 g/mol. The highest BCUT2D eigenvalue weighted by molar-refractivity contribution is 7.90. The van der Waals surface area contributed by atoms with Crippen LogP contribution in [0.4, 0.5) is 0 Å². The van der Waals surface area contributed by atoms with E-state index in [2.05, 4.69) is 0 Å². The van der Waals surface area contributed by atoms with Crippen LogP contribution in [0, 0.1) is 0 Å². The van der Waals surface area contributed by atoms with E-state index in [9.17, 15) is 16.8 Å². The predicted octanol–water partition coefficient (Wildman–Crippen LogP) is -1.08. The van der Waals surface area contributed by atoms with Crippen LogP contribution in [0.2, 0.25) is 0 Å². The van der Waals surface area contributed by atoms with Crippen molar-refractivity contribution in [2.45, 2.75) is 24.7 Å². The minimum Gasteiger partial charge on any atom is -0.391 e. The van der Waals surface area contributed by atoms with Crippen molar-refractivity contribution >= 4 is 20.2 Å². The summed E-state index contributed by atoms with van der Waals surface area (Å²) in [4.78, 5) is 0. The molecule has 0 aliphatic rings. The van der Waals surface area contributed by atoms with Crippen LogP contribution in [0.15, 0.2) is 0 Å². The zero-order valence-electron chi connectivity index (χ0n) is 9.18. The van der Waals surface area contributed by atoms with Crippen LogP contribution in [0.1, 0.15) is 13.3 Å². The highest BCUT2D eigenvalue weighted by atomic mass is 32.2. The number of aliphatic hydroxyl groups is 1. The molecule has 8 nitrogen and oxygen atoms in total. The third kappa shape index (κ3) is 8.46. The molecule has 0 spiro atoms. The van der Waals surface area contributed by atoms with E-state index in [4.69, 9.17) is 18.9 Å². The molecule has 0 rings (SSSR count). The van der Waals surface area contributed by atoms with Gasteiger partial charge in [0.15, 0.2) is 0 Å². The molecule has 0 aromatic rings. The van der Waals surface area contributed by atoms with Gasteiger partial charge < -0.3 is 9.84 Å². The molecule has 0 aliphatic carbocycles. The summed E-state index contributed by atoms with van der Waals surface area (Å²) in [5.41, 5.74) is 0.